The van der Waals surface area contributed by atoms with Crippen molar-refractivity contribution in [1.82, 2.24) is 0 Å². The summed E-state index contributed by atoms with van der Waals surface area (Å²) in [6, 6.07) is 7.75. The standard InChI is InChI=1S/C7H8NO2P/c8-11-5-6-3-1-2-4-7(6)9-10-11/h1-4H,5,8H2. The molecule has 2 N–H and O–H groups in total. The predicted octanol–water partition coefficient (Wildman–Crippen LogP) is 1.78. The van der Waals surface area contributed by atoms with Crippen molar-refractivity contribution < 1.29 is 9.56 Å². The fraction of sp³-hybridized carbons (Fsp3) is 0.143. The van der Waals surface area contributed by atoms with Crippen LogP contribution >= 0.6 is 8.30 Å². The molecule has 11 heavy (non-hydrogen) atoms. The lowest BCUT2D eigenvalue weighted by atomic mass is 10.2. The molecule has 0 saturated heterocycles. The summed E-state index contributed by atoms with van der Waals surface area (Å²) in [5.41, 5.74) is 6.70. The van der Waals surface area contributed by atoms with E-state index in [1.807, 2.05) is 24.3 Å². The summed E-state index contributed by atoms with van der Waals surface area (Å²) in [7, 11) is -0.900. The Morgan fingerprint density at radius 1 is 1.36 bits per heavy atom. The first-order chi connectivity index (χ1) is 5.36. The van der Waals surface area contributed by atoms with Crippen molar-refractivity contribution in [3.63, 3.8) is 0 Å². The number of nitrogens with two attached hydrogens (primary N) is 1. The maximum Gasteiger partial charge on any atom is 0.169 e. The third kappa shape index (κ3) is 1.36. The van der Waals surface area contributed by atoms with Gasteiger partial charge in [-0.2, -0.15) is 4.67 Å². The van der Waals surface area contributed by atoms with Gasteiger partial charge in [-0.05, 0) is 6.07 Å². The lowest BCUT2D eigenvalue weighted by Crippen LogP contribution is -2.08. The molecule has 1 atom stereocenters. The largest absolute Gasteiger partial charge is 0.333 e. The molecule has 0 saturated carbocycles. The van der Waals surface area contributed by atoms with Crippen LogP contribution in [0.4, 0.5) is 0 Å². The highest BCUT2D eigenvalue weighted by molar-refractivity contribution is 7.49. The van der Waals surface area contributed by atoms with E-state index in [0.717, 1.165) is 17.5 Å². The first-order valence-electron chi connectivity index (χ1n) is 3.31. The molecule has 2 rings (SSSR count). The highest BCUT2D eigenvalue weighted by Crippen LogP contribution is 2.40. The first-order valence-corrected chi connectivity index (χ1v) is 4.82. The van der Waals surface area contributed by atoms with Gasteiger partial charge in [-0.15, -0.1) is 0 Å². The van der Waals surface area contributed by atoms with Gasteiger partial charge in [0.15, 0.2) is 14.0 Å². The quantitative estimate of drug-likeness (QED) is 0.475. The SMILES string of the molecule is NP1Cc2ccccc2OO1. The number of fused-ring (bicyclic) bond motifs is 1. The number of hydrogen-bond donors (Lipinski definition) is 1. The Balaban J connectivity index is 2.34. The zero-order valence-corrected chi connectivity index (χ0v) is 6.75. The molecule has 1 aliphatic rings. The van der Waals surface area contributed by atoms with Crippen LogP contribution in [0.2, 0.25) is 0 Å². The third-order valence-corrected chi connectivity index (χ3v) is 2.44. The van der Waals surface area contributed by atoms with Gasteiger partial charge >= 0.3 is 0 Å². The lowest BCUT2D eigenvalue weighted by Gasteiger charge is -2.19. The molecule has 1 unspecified atom stereocenters. The van der Waals surface area contributed by atoms with E-state index in [-0.39, 0.29) is 0 Å². The van der Waals surface area contributed by atoms with E-state index in [1.165, 1.54) is 0 Å². The predicted molar refractivity (Wildman–Crippen MR) is 43.0 cm³/mol. The van der Waals surface area contributed by atoms with Crippen molar-refractivity contribution in [3.05, 3.63) is 29.8 Å². The summed E-state index contributed by atoms with van der Waals surface area (Å²) >= 11 is 0. The summed E-state index contributed by atoms with van der Waals surface area (Å²) in [5.74, 6) is 0.789. The van der Waals surface area contributed by atoms with Crippen LogP contribution in [-0.2, 0) is 10.8 Å². The van der Waals surface area contributed by atoms with Crippen molar-refractivity contribution in [1.29, 1.82) is 0 Å². The number of hydrogen-bond acceptors (Lipinski definition) is 3. The van der Waals surface area contributed by atoms with Gasteiger partial charge < -0.3 is 4.89 Å². The molecule has 0 spiro atoms. The zero-order valence-electron chi connectivity index (χ0n) is 5.86. The van der Waals surface area contributed by atoms with E-state index in [9.17, 15) is 0 Å². The lowest BCUT2D eigenvalue weighted by molar-refractivity contribution is -0.0944. The summed E-state index contributed by atoms with van der Waals surface area (Å²) in [4.78, 5) is 4.94. The van der Waals surface area contributed by atoms with Crippen molar-refractivity contribution in [3.8, 4) is 5.75 Å². The fourth-order valence-corrected chi connectivity index (χ4v) is 1.82. The molecule has 0 radical (unpaired) electrons. The van der Waals surface area contributed by atoms with Gasteiger partial charge in [-0.25, -0.2) is 0 Å². The molecular weight excluding hydrogens is 161 g/mol. The number of para-hydroxylation sites is 1. The van der Waals surface area contributed by atoms with Crippen molar-refractivity contribution in [2.75, 3.05) is 0 Å². The Morgan fingerprint density at radius 2 is 2.18 bits per heavy atom. The molecule has 4 heteroatoms. The minimum Gasteiger partial charge on any atom is -0.333 e. The average molecular weight is 169 g/mol. The van der Waals surface area contributed by atoms with Gasteiger partial charge in [-0.1, -0.05) is 18.2 Å². The molecule has 1 heterocycles. The van der Waals surface area contributed by atoms with Gasteiger partial charge in [0.1, 0.15) is 0 Å². The Kier molecular flexibility index (Phi) is 1.78. The fourth-order valence-electron chi connectivity index (χ4n) is 0.998. The summed E-state index contributed by atoms with van der Waals surface area (Å²) in [6.07, 6.45) is 0.783. The molecule has 0 aromatic heterocycles. The number of benzene rings is 1. The van der Waals surface area contributed by atoms with Crippen LogP contribution in [0.1, 0.15) is 5.56 Å². The molecule has 0 amide bonds. The maximum absolute atomic E-state index is 5.57. The Labute approximate surface area is 65.9 Å². The normalized spacial score (nSPS) is 22.1. The minimum atomic E-state index is -0.900. The first kappa shape index (κ1) is 7.04. The van der Waals surface area contributed by atoms with Crippen molar-refractivity contribution >= 4 is 8.30 Å². The van der Waals surface area contributed by atoms with E-state index in [1.54, 1.807) is 0 Å². The van der Waals surface area contributed by atoms with Crippen LogP contribution in [0.15, 0.2) is 24.3 Å². The van der Waals surface area contributed by atoms with Gasteiger partial charge in [0.2, 0.25) is 0 Å². The molecule has 0 fully saturated rings. The molecule has 0 aliphatic carbocycles. The Bertz CT molecular complexity index is 266. The van der Waals surface area contributed by atoms with Gasteiger partial charge in [0.05, 0.1) is 0 Å². The van der Waals surface area contributed by atoms with Crippen LogP contribution in [-0.4, -0.2) is 0 Å². The molecule has 1 aromatic carbocycles. The van der Waals surface area contributed by atoms with Crippen LogP contribution in [0, 0.1) is 0 Å². The van der Waals surface area contributed by atoms with E-state index < -0.39 is 8.30 Å². The molecule has 0 bridgehead atoms. The van der Waals surface area contributed by atoms with Crippen molar-refractivity contribution in [2.24, 2.45) is 5.50 Å². The summed E-state index contributed by atoms with van der Waals surface area (Å²) in [6.45, 7) is 0. The highest BCUT2D eigenvalue weighted by Gasteiger charge is 2.17. The molecule has 1 aliphatic heterocycles. The van der Waals surface area contributed by atoms with E-state index >= 15 is 0 Å². The van der Waals surface area contributed by atoms with Crippen LogP contribution in [0.5, 0.6) is 5.75 Å². The molecule has 3 nitrogen and oxygen atoms in total. The summed E-state index contributed by atoms with van der Waals surface area (Å²) in [5, 5.41) is 0. The van der Waals surface area contributed by atoms with E-state index in [0.29, 0.717) is 0 Å². The monoisotopic (exact) mass is 169 g/mol. The average Bonchev–Trinajstić information content (AvgIpc) is 2.04. The molecule has 58 valence electrons. The third-order valence-electron chi connectivity index (χ3n) is 1.52. The maximum atomic E-state index is 5.57. The Hall–Kier alpha value is -0.630. The van der Waals surface area contributed by atoms with E-state index in [2.05, 4.69) is 0 Å². The van der Waals surface area contributed by atoms with Crippen molar-refractivity contribution in [2.45, 2.75) is 6.16 Å². The zero-order chi connectivity index (χ0) is 7.68. The summed E-state index contributed by atoms with van der Waals surface area (Å²) < 4.78 is 4.85. The second-order valence-corrected chi connectivity index (χ2v) is 3.64. The van der Waals surface area contributed by atoms with Gasteiger partial charge in [-0.3, -0.25) is 5.50 Å². The molecular formula is C7H8NO2P. The second-order valence-electron chi connectivity index (χ2n) is 2.34. The van der Waals surface area contributed by atoms with Gasteiger partial charge in [0, 0.05) is 11.7 Å². The number of rotatable bonds is 0. The van der Waals surface area contributed by atoms with Gasteiger partial charge in [0.25, 0.3) is 0 Å². The van der Waals surface area contributed by atoms with Crippen LogP contribution in [0.25, 0.3) is 0 Å². The topological polar surface area (TPSA) is 44.5 Å². The van der Waals surface area contributed by atoms with Crippen LogP contribution in [0.3, 0.4) is 0 Å². The molecule has 1 aromatic rings. The van der Waals surface area contributed by atoms with Crippen LogP contribution < -0.4 is 10.4 Å². The smallest absolute Gasteiger partial charge is 0.169 e. The highest BCUT2D eigenvalue weighted by atomic mass is 31.2. The second kappa shape index (κ2) is 2.78. The minimum absolute atomic E-state index is 0.783. The Morgan fingerprint density at radius 3 is 3.09 bits per heavy atom. The van der Waals surface area contributed by atoms with E-state index in [4.69, 9.17) is 15.1 Å².